The third kappa shape index (κ3) is 1.42. The third-order valence-electron chi connectivity index (χ3n) is 1.17. The molecule has 0 unspecified atom stereocenters. The number of ether oxygens (including phenoxy) is 1. The van der Waals surface area contributed by atoms with Gasteiger partial charge < -0.3 is 4.74 Å². The van der Waals surface area contributed by atoms with Crippen molar-refractivity contribution in [1.29, 1.82) is 0 Å². The highest BCUT2D eigenvalue weighted by atomic mass is 16.5. The van der Waals surface area contributed by atoms with Crippen LogP contribution in [0, 0.1) is 0 Å². The van der Waals surface area contributed by atoms with Crippen molar-refractivity contribution in [2.24, 2.45) is 0 Å². The highest BCUT2D eigenvalue weighted by Gasteiger charge is 2.04. The van der Waals surface area contributed by atoms with Crippen LogP contribution in [0.15, 0.2) is 24.0 Å². The fourth-order valence-corrected chi connectivity index (χ4v) is 0.693. The van der Waals surface area contributed by atoms with E-state index in [1.54, 1.807) is 25.3 Å². The van der Waals surface area contributed by atoms with Gasteiger partial charge in [-0.2, -0.15) is 0 Å². The summed E-state index contributed by atoms with van der Waals surface area (Å²) in [5.41, 5.74) is 0. The van der Waals surface area contributed by atoms with Gasteiger partial charge in [-0.25, -0.2) is 0 Å². The molecule has 0 aromatic heterocycles. The Labute approximate surface area is 53.8 Å². The number of ketones is 1. The molecule has 0 bridgehead atoms. The molecule has 2 heteroatoms. The van der Waals surface area contributed by atoms with Crippen molar-refractivity contribution in [1.82, 2.24) is 0 Å². The molecule has 0 atom stereocenters. The Hall–Kier alpha value is -1.05. The van der Waals surface area contributed by atoms with E-state index in [1.807, 2.05) is 0 Å². The summed E-state index contributed by atoms with van der Waals surface area (Å²) in [6, 6.07) is 0. The summed E-state index contributed by atoms with van der Waals surface area (Å²) in [6.45, 7) is 0. The Morgan fingerprint density at radius 3 is 2.89 bits per heavy atom. The van der Waals surface area contributed by atoms with Crippen LogP contribution >= 0.6 is 0 Å². The van der Waals surface area contributed by atoms with Gasteiger partial charge in [-0.05, 0) is 12.2 Å². The zero-order chi connectivity index (χ0) is 6.69. The molecule has 1 rings (SSSR count). The van der Waals surface area contributed by atoms with Gasteiger partial charge in [0.15, 0.2) is 5.78 Å². The topological polar surface area (TPSA) is 26.3 Å². The number of rotatable bonds is 1. The number of hydrogen-bond acceptors (Lipinski definition) is 2. The number of allylic oxidation sites excluding steroid dienone is 4. The van der Waals surface area contributed by atoms with E-state index in [9.17, 15) is 4.79 Å². The second kappa shape index (κ2) is 2.49. The molecule has 9 heavy (non-hydrogen) atoms. The average Bonchev–Trinajstić information content (AvgIpc) is 1.88. The van der Waals surface area contributed by atoms with Crippen molar-refractivity contribution < 1.29 is 9.53 Å². The van der Waals surface area contributed by atoms with Gasteiger partial charge in [-0.1, -0.05) is 6.08 Å². The minimum absolute atomic E-state index is 0.106. The van der Waals surface area contributed by atoms with E-state index in [0.29, 0.717) is 6.42 Å². The monoisotopic (exact) mass is 124 g/mol. The predicted octanol–water partition coefficient (Wildman–Crippen LogP) is 1.05. The van der Waals surface area contributed by atoms with Crippen molar-refractivity contribution >= 4 is 5.78 Å². The summed E-state index contributed by atoms with van der Waals surface area (Å²) in [4.78, 5) is 10.6. The molecule has 0 spiro atoms. The van der Waals surface area contributed by atoms with E-state index in [0.717, 1.165) is 5.76 Å². The first-order chi connectivity index (χ1) is 4.33. The normalized spacial score (nSPS) is 17.4. The Morgan fingerprint density at radius 1 is 1.67 bits per heavy atom. The second-order valence-corrected chi connectivity index (χ2v) is 1.84. The van der Waals surface area contributed by atoms with Crippen LogP contribution in [0.5, 0.6) is 0 Å². The lowest BCUT2D eigenvalue weighted by Gasteiger charge is -2.04. The molecule has 0 N–H and O–H groups in total. The summed E-state index contributed by atoms with van der Waals surface area (Å²) in [7, 11) is 1.57. The largest absolute Gasteiger partial charge is 0.501 e. The molecular weight excluding hydrogens is 116 g/mol. The molecule has 1 aliphatic rings. The average molecular weight is 124 g/mol. The SMILES string of the molecule is COC1=CC=CC(=O)C1. The van der Waals surface area contributed by atoms with Crippen molar-refractivity contribution in [3.63, 3.8) is 0 Å². The molecule has 0 fully saturated rings. The summed E-state index contributed by atoms with van der Waals surface area (Å²) < 4.78 is 4.85. The van der Waals surface area contributed by atoms with Crippen LogP contribution in [0.3, 0.4) is 0 Å². The minimum atomic E-state index is 0.106. The number of methoxy groups -OCH3 is 1. The molecule has 0 aliphatic heterocycles. The maximum Gasteiger partial charge on any atom is 0.163 e. The van der Waals surface area contributed by atoms with Crippen LogP contribution in [0.4, 0.5) is 0 Å². The van der Waals surface area contributed by atoms with Gasteiger partial charge >= 0.3 is 0 Å². The van der Waals surface area contributed by atoms with Crippen molar-refractivity contribution in [3.05, 3.63) is 24.0 Å². The van der Waals surface area contributed by atoms with E-state index in [1.165, 1.54) is 0 Å². The lowest BCUT2D eigenvalue weighted by Crippen LogP contribution is -2.00. The van der Waals surface area contributed by atoms with Crippen LogP contribution in [0.25, 0.3) is 0 Å². The first-order valence-electron chi connectivity index (χ1n) is 2.77. The van der Waals surface area contributed by atoms with Crippen LogP contribution < -0.4 is 0 Å². The number of carbonyl (C=O) groups excluding carboxylic acids is 1. The predicted molar refractivity (Wildman–Crippen MR) is 33.9 cm³/mol. The minimum Gasteiger partial charge on any atom is -0.501 e. The molecular formula is C7H8O2. The van der Waals surface area contributed by atoms with Gasteiger partial charge in [0, 0.05) is 0 Å². The quantitative estimate of drug-likeness (QED) is 0.522. The molecule has 1 aliphatic carbocycles. The molecule has 0 saturated carbocycles. The smallest absolute Gasteiger partial charge is 0.163 e. The molecule has 48 valence electrons. The summed E-state index contributed by atoms with van der Waals surface area (Å²) in [6.07, 6.45) is 5.45. The first kappa shape index (κ1) is 6.08. The van der Waals surface area contributed by atoms with Crippen LogP contribution in [-0.4, -0.2) is 12.9 Å². The molecule has 0 heterocycles. The Morgan fingerprint density at radius 2 is 2.44 bits per heavy atom. The highest BCUT2D eigenvalue weighted by molar-refractivity contribution is 5.92. The van der Waals surface area contributed by atoms with Crippen LogP contribution in [-0.2, 0) is 9.53 Å². The standard InChI is InChI=1S/C7H8O2/c1-9-7-4-2-3-6(8)5-7/h2-4H,5H2,1H3. The van der Waals surface area contributed by atoms with Crippen molar-refractivity contribution in [2.75, 3.05) is 7.11 Å². The van der Waals surface area contributed by atoms with E-state index in [-0.39, 0.29) is 5.78 Å². The maximum atomic E-state index is 10.6. The molecule has 0 radical (unpaired) electrons. The summed E-state index contributed by atoms with van der Waals surface area (Å²) >= 11 is 0. The van der Waals surface area contributed by atoms with E-state index >= 15 is 0 Å². The second-order valence-electron chi connectivity index (χ2n) is 1.84. The van der Waals surface area contributed by atoms with Crippen molar-refractivity contribution in [2.45, 2.75) is 6.42 Å². The molecule has 0 amide bonds. The number of hydrogen-bond donors (Lipinski definition) is 0. The fraction of sp³-hybridized carbons (Fsp3) is 0.286. The van der Waals surface area contributed by atoms with Crippen LogP contribution in [0.1, 0.15) is 6.42 Å². The molecule has 0 aromatic carbocycles. The first-order valence-corrected chi connectivity index (χ1v) is 2.77. The lowest BCUT2D eigenvalue weighted by molar-refractivity contribution is -0.114. The fourth-order valence-electron chi connectivity index (χ4n) is 0.693. The van der Waals surface area contributed by atoms with E-state index in [2.05, 4.69) is 0 Å². The number of carbonyl (C=O) groups is 1. The van der Waals surface area contributed by atoms with Gasteiger partial charge in [-0.15, -0.1) is 0 Å². The van der Waals surface area contributed by atoms with Crippen LogP contribution in [0.2, 0.25) is 0 Å². The van der Waals surface area contributed by atoms with E-state index in [4.69, 9.17) is 4.74 Å². The summed E-state index contributed by atoms with van der Waals surface area (Å²) in [5, 5.41) is 0. The highest BCUT2D eigenvalue weighted by Crippen LogP contribution is 2.07. The van der Waals surface area contributed by atoms with E-state index < -0.39 is 0 Å². The Balaban J connectivity index is 2.65. The zero-order valence-corrected chi connectivity index (χ0v) is 5.26. The van der Waals surface area contributed by atoms with Crippen molar-refractivity contribution in [3.8, 4) is 0 Å². The van der Waals surface area contributed by atoms with Gasteiger partial charge in [0.1, 0.15) is 5.76 Å². The zero-order valence-electron chi connectivity index (χ0n) is 5.26. The van der Waals surface area contributed by atoms with Gasteiger partial charge in [0.25, 0.3) is 0 Å². The van der Waals surface area contributed by atoms with Gasteiger partial charge in [0.2, 0.25) is 0 Å². The van der Waals surface area contributed by atoms with Gasteiger partial charge in [0.05, 0.1) is 13.5 Å². The maximum absolute atomic E-state index is 10.6. The third-order valence-corrected chi connectivity index (χ3v) is 1.17. The Kier molecular flexibility index (Phi) is 1.68. The molecule has 0 saturated heterocycles. The molecule has 0 aromatic rings. The summed E-state index contributed by atoms with van der Waals surface area (Å²) in [5.74, 6) is 0.844. The molecule has 2 nitrogen and oxygen atoms in total. The Bertz CT molecular complexity index is 177. The van der Waals surface area contributed by atoms with Gasteiger partial charge in [-0.3, -0.25) is 4.79 Å². The lowest BCUT2D eigenvalue weighted by atomic mass is 10.1.